The van der Waals surface area contributed by atoms with E-state index in [4.69, 9.17) is 0 Å². The summed E-state index contributed by atoms with van der Waals surface area (Å²) >= 11 is 0. The van der Waals surface area contributed by atoms with E-state index in [2.05, 4.69) is 15.1 Å². The standard InChI is InChI=1S/C24H32F5N5O2S/c1-16-30-31-23(24(27,28)29)34(16)21-5-8-32(9-6-21)10-7-22(18-13-19(25)15-20(26)14-18)17-3-11-33(12-4-17)37(2,35)36/h13-15,17,21-22H,3-12H2,1-2H3/t22-/m1/s1. The molecule has 4 rings (SSSR count). The maximum absolute atomic E-state index is 14.1. The maximum Gasteiger partial charge on any atom is 0.451 e. The van der Waals surface area contributed by atoms with Crippen molar-refractivity contribution in [3.63, 3.8) is 0 Å². The van der Waals surface area contributed by atoms with Gasteiger partial charge in [-0.3, -0.25) is 0 Å². The maximum atomic E-state index is 14.1. The molecule has 1 atom stereocenters. The zero-order valence-electron chi connectivity index (χ0n) is 20.9. The van der Waals surface area contributed by atoms with Crippen molar-refractivity contribution >= 4 is 10.0 Å². The van der Waals surface area contributed by atoms with Gasteiger partial charge in [0.15, 0.2) is 0 Å². The van der Waals surface area contributed by atoms with Crippen LogP contribution in [0.5, 0.6) is 0 Å². The van der Waals surface area contributed by atoms with Crippen molar-refractivity contribution < 1.29 is 30.4 Å². The number of hydrogen-bond donors (Lipinski definition) is 0. The van der Waals surface area contributed by atoms with Crippen molar-refractivity contribution in [2.24, 2.45) is 5.92 Å². The molecule has 3 heterocycles. The lowest BCUT2D eigenvalue weighted by molar-refractivity contribution is -0.148. The number of sulfonamides is 1. The van der Waals surface area contributed by atoms with Crippen molar-refractivity contribution in [1.82, 2.24) is 24.0 Å². The van der Waals surface area contributed by atoms with Crippen molar-refractivity contribution in [3.8, 4) is 0 Å². The molecule has 7 nitrogen and oxygen atoms in total. The topological polar surface area (TPSA) is 71.3 Å². The van der Waals surface area contributed by atoms with E-state index < -0.39 is 33.7 Å². The van der Waals surface area contributed by atoms with Crippen molar-refractivity contribution in [1.29, 1.82) is 0 Å². The number of halogens is 5. The van der Waals surface area contributed by atoms with Gasteiger partial charge in [0.2, 0.25) is 15.8 Å². The Morgan fingerprint density at radius 3 is 2.11 bits per heavy atom. The molecule has 0 saturated carbocycles. The molecule has 0 aliphatic carbocycles. The quantitative estimate of drug-likeness (QED) is 0.480. The monoisotopic (exact) mass is 549 g/mol. The Bertz CT molecular complexity index is 1170. The third-order valence-corrected chi connectivity index (χ3v) is 8.95. The highest BCUT2D eigenvalue weighted by Crippen LogP contribution is 2.38. The van der Waals surface area contributed by atoms with Gasteiger partial charge in [-0.25, -0.2) is 21.5 Å². The minimum atomic E-state index is -4.57. The first-order chi connectivity index (χ1) is 17.3. The predicted octanol–water partition coefficient (Wildman–Crippen LogP) is 4.37. The number of aryl methyl sites for hydroxylation is 1. The van der Waals surface area contributed by atoms with Crippen LogP contribution >= 0.6 is 0 Å². The van der Waals surface area contributed by atoms with Crippen LogP contribution in [0.25, 0.3) is 0 Å². The van der Waals surface area contributed by atoms with Crippen LogP contribution in [0.3, 0.4) is 0 Å². The first-order valence-corrected chi connectivity index (χ1v) is 14.3. The van der Waals surface area contributed by atoms with Crippen LogP contribution in [0.15, 0.2) is 18.2 Å². The SMILES string of the molecule is Cc1nnc(C(F)(F)F)n1C1CCN(CC[C@@H](c2cc(F)cc(F)c2)C2CCN(S(C)(=O)=O)CC2)CC1. The van der Waals surface area contributed by atoms with Crippen molar-refractivity contribution in [2.45, 2.75) is 57.2 Å². The molecule has 2 saturated heterocycles. The predicted molar refractivity (Wildman–Crippen MR) is 127 cm³/mol. The number of nitrogens with zero attached hydrogens (tertiary/aromatic N) is 5. The van der Waals surface area contributed by atoms with Crippen LogP contribution in [0.1, 0.15) is 61.3 Å². The van der Waals surface area contributed by atoms with Crippen LogP contribution < -0.4 is 0 Å². The van der Waals surface area contributed by atoms with E-state index in [1.807, 2.05) is 0 Å². The van der Waals surface area contributed by atoms with Gasteiger partial charge in [-0.2, -0.15) is 13.2 Å². The fraction of sp³-hybridized carbons (Fsp3) is 0.667. The summed E-state index contributed by atoms with van der Waals surface area (Å²) in [7, 11) is -3.30. The lowest BCUT2D eigenvalue weighted by atomic mass is 9.78. The molecular weight excluding hydrogens is 517 g/mol. The number of hydrogen-bond acceptors (Lipinski definition) is 5. The molecule has 0 unspecified atom stereocenters. The molecule has 0 spiro atoms. The second-order valence-corrected chi connectivity index (χ2v) is 12.1. The Morgan fingerprint density at radius 2 is 1.57 bits per heavy atom. The van der Waals surface area contributed by atoms with Crippen LogP contribution in [0.4, 0.5) is 22.0 Å². The highest BCUT2D eigenvalue weighted by molar-refractivity contribution is 7.88. The molecule has 13 heteroatoms. The zero-order valence-corrected chi connectivity index (χ0v) is 21.7. The Labute approximate surface area is 213 Å². The molecule has 37 heavy (non-hydrogen) atoms. The van der Waals surface area contributed by atoms with Gasteiger partial charge in [-0.05, 0) is 75.1 Å². The van der Waals surface area contributed by atoms with Gasteiger partial charge in [0.05, 0.1) is 6.26 Å². The Balaban J connectivity index is 1.42. The molecule has 1 aromatic heterocycles. The molecule has 206 valence electrons. The van der Waals surface area contributed by atoms with Crippen molar-refractivity contribution in [2.75, 3.05) is 39.0 Å². The lowest BCUT2D eigenvalue weighted by Crippen LogP contribution is -2.40. The highest BCUT2D eigenvalue weighted by atomic mass is 32.2. The molecule has 2 aliphatic heterocycles. The molecule has 1 aromatic carbocycles. The van der Waals surface area contributed by atoms with E-state index in [1.165, 1.54) is 34.2 Å². The summed E-state index contributed by atoms with van der Waals surface area (Å²) < 4.78 is 94.7. The molecular formula is C24H32F5N5O2S. The summed E-state index contributed by atoms with van der Waals surface area (Å²) in [5, 5.41) is 6.97. The first kappa shape index (κ1) is 27.9. The van der Waals surface area contributed by atoms with Gasteiger partial charge in [0.25, 0.3) is 0 Å². The number of rotatable bonds is 7. The summed E-state index contributed by atoms with van der Waals surface area (Å²) in [5.74, 6) is -2.15. The van der Waals surface area contributed by atoms with Crippen LogP contribution in [0, 0.1) is 24.5 Å². The summed E-state index contributed by atoms with van der Waals surface area (Å²) in [4.78, 5) is 2.16. The first-order valence-electron chi connectivity index (χ1n) is 12.4. The van der Waals surface area contributed by atoms with E-state index in [0.717, 1.165) is 6.07 Å². The zero-order chi connectivity index (χ0) is 27.0. The lowest BCUT2D eigenvalue weighted by Gasteiger charge is -2.37. The van der Waals surface area contributed by atoms with Crippen LogP contribution in [-0.2, 0) is 16.2 Å². The molecule has 0 N–H and O–H groups in total. The average Bonchev–Trinajstić information content (AvgIpc) is 3.21. The van der Waals surface area contributed by atoms with Gasteiger partial charge in [0, 0.05) is 38.3 Å². The van der Waals surface area contributed by atoms with E-state index in [0.29, 0.717) is 70.4 Å². The number of likely N-dealkylation sites (tertiary alicyclic amines) is 1. The number of alkyl halides is 3. The third-order valence-electron chi connectivity index (χ3n) is 7.65. The molecule has 2 aliphatic rings. The Kier molecular flexibility index (Phi) is 8.25. The summed E-state index contributed by atoms with van der Waals surface area (Å²) in [6.07, 6.45) is -0.595. The minimum absolute atomic E-state index is 0.0609. The van der Waals surface area contributed by atoms with E-state index in [1.54, 1.807) is 0 Å². The van der Waals surface area contributed by atoms with Crippen molar-refractivity contribution in [3.05, 3.63) is 47.0 Å². The van der Waals surface area contributed by atoms with E-state index in [-0.39, 0.29) is 23.7 Å². The number of piperidine rings is 2. The van der Waals surface area contributed by atoms with E-state index >= 15 is 0 Å². The van der Waals surface area contributed by atoms with Gasteiger partial charge in [-0.15, -0.1) is 10.2 Å². The van der Waals surface area contributed by atoms with Crippen LogP contribution in [0.2, 0.25) is 0 Å². The molecule has 0 bridgehead atoms. The van der Waals surface area contributed by atoms with E-state index in [9.17, 15) is 30.4 Å². The highest BCUT2D eigenvalue weighted by Gasteiger charge is 2.40. The van der Waals surface area contributed by atoms with Gasteiger partial charge < -0.3 is 9.47 Å². The van der Waals surface area contributed by atoms with Crippen LogP contribution in [-0.4, -0.2) is 71.4 Å². The molecule has 2 fully saturated rings. The largest absolute Gasteiger partial charge is 0.451 e. The van der Waals surface area contributed by atoms with Gasteiger partial charge in [-0.1, -0.05) is 0 Å². The number of benzene rings is 1. The summed E-state index contributed by atoms with van der Waals surface area (Å²) in [6.45, 7) is 4.03. The fourth-order valence-electron chi connectivity index (χ4n) is 5.80. The average molecular weight is 550 g/mol. The molecule has 0 radical (unpaired) electrons. The minimum Gasteiger partial charge on any atom is -0.304 e. The second kappa shape index (κ2) is 10.9. The normalized spacial score (nSPS) is 20.4. The fourth-order valence-corrected chi connectivity index (χ4v) is 6.67. The Hall–Kier alpha value is -2.12. The summed E-state index contributed by atoms with van der Waals surface area (Å²) in [6, 6.07) is 3.17. The smallest absolute Gasteiger partial charge is 0.304 e. The summed E-state index contributed by atoms with van der Waals surface area (Å²) in [5.41, 5.74) is 0.556. The Morgan fingerprint density at radius 1 is 0.973 bits per heavy atom. The molecule has 0 amide bonds. The van der Waals surface area contributed by atoms with Gasteiger partial charge >= 0.3 is 6.18 Å². The third kappa shape index (κ3) is 6.66. The van der Waals surface area contributed by atoms with Gasteiger partial charge in [0.1, 0.15) is 17.5 Å². The molecule has 2 aromatic rings. The second-order valence-electron chi connectivity index (χ2n) is 10.1. The number of aromatic nitrogens is 3.